The lowest BCUT2D eigenvalue weighted by atomic mass is 9.95. The Kier molecular flexibility index (Phi) is 5.21. The van der Waals surface area contributed by atoms with Crippen LogP contribution in [0.4, 0.5) is 0 Å². The van der Waals surface area contributed by atoms with Gasteiger partial charge in [0, 0.05) is 4.47 Å². The van der Waals surface area contributed by atoms with Crippen molar-refractivity contribution in [3.8, 4) is 5.75 Å². The van der Waals surface area contributed by atoms with Gasteiger partial charge in [-0.15, -0.1) is 0 Å². The highest BCUT2D eigenvalue weighted by molar-refractivity contribution is 9.10. The molecule has 0 radical (unpaired) electrons. The summed E-state index contributed by atoms with van der Waals surface area (Å²) in [6.07, 6.45) is 0. The topological polar surface area (TPSA) is 21.3 Å². The van der Waals surface area contributed by atoms with Crippen LogP contribution in [0.25, 0.3) is 0 Å². The molecule has 1 unspecified atom stereocenters. The molecule has 0 aliphatic carbocycles. The van der Waals surface area contributed by atoms with Crippen molar-refractivity contribution >= 4 is 15.9 Å². The highest BCUT2D eigenvalue weighted by atomic mass is 79.9. The Hall–Kier alpha value is -1.32. The zero-order valence-electron chi connectivity index (χ0n) is 12.1. The van der Waals surface area contributed by atoms with Crippen molar-refractivity contribution in [2.45, 2.75) is 19.9 Å². The van der Waals surface area contributed by atoms with Gasteiger partial charge in [-0.1, -0.05) is 40.2 Å². The summed E-state index contributed by atoms with van der Waals surface area (Å²) in [7, 11) is 1.98. The minimum absolute atomic E-state index is 0.160. The van der Waals surface area contributed by atoms with Gasteiger partial charge in [-0.2, -0.15) is 0 Å². The van der Waals surface area contributed by atoms with E-state index in [1.165, 1.54) is 16.7 Å². The van der Waals surface area contributed by atoms with Gasteiger partial charge < -0.3 is 10.1 Å². The second kappa shape index (κ2) is 6.91. The number of hydrogen-bond donors (Lipinski definition) is 1. The van der Waals surface area contributed by atoms with Gasteiger partial charge in [0.2, 0.25) is 0 Å². The molecule has 1 atom stereocenters. The van der Waals surface area contributed by atoms with E-state index in [2.05, 4.69) is 58.5 Å². The smallest absolute Gasteiger partial charge is 0.119 e. The van der Waals surface area contributed by atoms with Crippen LogP contribution in [0.15, 0.2) is 46.9 Å². The summed E-state index contributed by atoms with van der Waals surface area (Å²) in [6, 6.07) is 14.7. The van der Waals surface area contributed by atoms with Gasteiger partial charge in [0.1, 0.15) is 5.75 Å². The molecule has 2 nitrogen and oxygen atoms in total. The van der Waals surface area contributed by atoms with Gasteiger partial charge in [0.15, 0.2) is 0 Å². The number of ether oxygens (including phenoxy) is 1. The summed E-state index contributed by atoms with van der Waals surface area (Å²) in [5.74, 6) is 0.915. The molecule has 0 aliphatic rings. The zero-order valence-corrected chi connectivity index (χ0v) is 13.7. The summed E-state index contributed by atoms with van der Waals surface area (Å²) >= 11 is 3.60. The van der Waals surface area contributed by atoms with E-state index in [9.17, 15) is 0 Å². The van der Waals surface area contributed by atoms with Crippen LogP contribution < -0.4 is 10.1 Å². The Morgan fingerprint density at radius 3 is 2.65 bits per heavy atom. The maximum atomic E-state index is 5.59. The van der Waals surface area contributed by atoms with E-state index < -0.39 is 0 Å². The average molecular weight is 334 g/mol. The molecule has 106 valence electrons. The zero-order chi connectivity index (χ0) is 14.5. The van der Waals surface area contributed by atoms with Crippen LogP contribution in [-0.2, 0) is 0 Å². The number of hydrogen-bond acceptors (Lipinski definition) is 2. The van der Waals surface area contributed by atoms with Crippen LogP contribution in [0, 0.1) is 6.92 Å². The maximum absolute atomic E-state index is 5.59. The molecule has 0 aliphatic heterocycles. The first-order chi connectivity index (χ1) is 9.67. The molecule has 1 N–H and O–H groups in total. The molecular formula is C17H20BrNO. The third-order valence-corrected chi connectivity index (χ3v) is 4.27. The summed E-state index contributed by atoms with van der Waals surface area (Å²) in [4.78, 5) is 0. The first-order valence-corrected chi connectivity index (χ1v) is 7.61. The summed E-state index contributed by atoms with van der Waals surface area (Å²) < 4.78 is 6.73. The fraction of sp³-hybridized carbons (Fsp3) is 0.294. The number of nitrogens with one attached hydrogen (secondary N) is 1. The second-order valence-corrected chi connectivity index (χ2v) is 5.54. The minimum Gasteiger partial charge on any atom is -0.494 e. The first-order valence-electron chi connectivity index (χ1n) is 6.82. The molecule has 0 spiro atoms. The predicted octanol–water partition coefficient (Wildman–Crippen LogP) is 4.47. The molecule has 0 saturated carbocycles. The Morgan fingerprint density at radius 2 is 1.95 bits per heavy atom. The third kappa shape index (κ3) is 3.22. The number of halogens is 1. The predicted molar refractivity (Wildman–Crippen MR) is 87.4 cm³/mol. The van der Waals surface area contributed by atoms with Gasteiger partial charge in [-0.05, 0) is 55.8 Å². The van der Waals surface area contributed by atoms with E-state index in [-0.39, 0.29) is 6.04 Å². The fourth-order valence-electron chi connectivity index (χ4n) is 2.39. The third-order valence-electron chi connectivity index (χ3n) is 3.41. The molecule has 0 amide bonds. The number of benzene rings is 2. The molecule has 3 heteroatoms. The summed E-state index contributed by atoms with van der Waals surface area (Å²) in [6.45, 7) is 4.82. The number of rotatable bonds is 5. The molecule has 20 heavy (non-hydrogen) atoms. The lowest BCUT2D eigenvalue weighted by Crippen LogP contribution is -2.18. The lowest BCUT2D eigenvalue weighted by molar-refractivity contribution is 0.339. The lowest BCUT2D eigenvalue weighted by Gasteiger charge is -2.20. The Balaban J connectivity index is 2.41. The van der Waals surface area contributed by atoms with Crippen LogP contribution in [0.2, 0.25) is 0 Å². The molecule has 0 aromatic heterocycles. The quantitative estimate of drug-likeness (QED) is 0.871. The molecule has 2 aromatic carbocycles. The van der Waals surface area contributed by atoms with Crippen LogP contribution in [0.5, 0.6) is 5.75 Å². The molecular weight excluding hydrogens is 314 g/mol. The first kappa shape index (κ1) is 15.1. The van der Waals surface area contributed by atoms with Gasteiger partial charge in [0.25, 0.3) is 0 Å². The van der Waals surface area contributed by atoms with Gasteiger partial charge in [-0.3, -0.25) is 0 Å². The van der Waals surface area contributed by atoms with E-state index in [1.54, 1.807) is 0 Å². The van der Waals surface area contributed by atoms with E-state index in [0.717, 1.165) is 10.2 Å². The Morgan fingerprint density at radius 1 is 1.20 bits per heavy atom. The Labute approximate surface area is 129 Å². The van der Waals surface area contributed by atoms with Crippen LogP contribution in [0.3, 0.4) is 0 Å². The highest BCUT2D eigenvalue weighted by Gasteiger charge is 2.15. The van der Waals surface area contributed by atoms with Crippen LogP contribution >= 0.6 is 15.9 Å². The van der Waals surface area contributed by atoms with Crippen molar-refractivity contribution in [2.24, 2.45) is 0 Å². The normalized spacial score (nSPS) is 12.2. The monoisotopic (exact) mass is 333 g/mol. The molecule has 0 saturated heterocycles. The highest BCUT2D eigenvalue weighted by Crippen LogP contribution is 2.30. The van der Waals surface area contributed by atoms with Crippen molar-refractivity contribution in [3.63, 3.8) is 0 Å². The summed E-state index contributed by atoms with van der Waals surface area (Å²) in [5.41, 5.74) is 3.74. The van der Waals surface area contributed by atoms with Crippen molar-refractivity contribution in [1.82, 2.24) is 5.32 Å². The van der Waals surface area contributed by atoms with E-state index in [4.69, 9.17) is 4.74 Å². The minimum atomic E-state index is 0.160. The van der Waals surface area contributed by atoms with Crippen molar-refractivity contribution < 1.29 is 4.74 Å². The van der Waals surface area contributed by atoms with Gasteiger partial charge in [-0.25, -0.2) is 0 Å². The fourth-order valence-corrected chi connectivity index (χ4v) is 2.77. The van der Waals surface area contributed by atoms with E-state index in [1.807, 2.05) is 26.1 Å². The molecule has 0 fully saturated rings. The molecule has 2 aromatic rings. The molecule has 2 rings (SSSR count). The standard InChI is InChI=1S/C17H20BrNO/c1-4-20-14-8-5-7-13(11-14)17(19-3)15-9-6-10-16(18)12(15)2/h5-11,17,19H,4H2,1-3H3. The van der Waals surface area contributed by atoms with Crippen molar-refractivity contribution in [2.75, 3.05) is 13.7 Å². The van der Waals surface area contributed by atoms with Gasteiger partial charge >= 0.3 is 0 Å². The van der Waals surface area contributed by atoms with Crippen LogP contribution in [-0.4, -0.2) is 13.7 Å². The van der Waals surface area contributed by atoms with Gasteiger partial charge in [0.05, 0.1) is 12.6 Å². The van der Waals surface area contributed by atoms with Crippen LogP contribution in [0.1, 0.15) is 29.7 Å². The average Bonchev–Trinajstić information content (AvgIpc) is 2.45. The Bertz CT molecular complexity index is 583. The van der Waals surface area contributed by atoms with E-state index >= 15 is 0 Å². The molecule has 0 bridgehead atoms. The molecule has 0 heterocycles. The van der Waals surface area contributed by atoms with E-state index in [0.29, 0.717) is 6.61 Å². The maximum Gasteiger partial charge on any atom is 0.119 e. The van der Waals surface area contributed by atoms with Crippen molar-refractivity contribution in [3.05, 3.63) is 63.6 Å². The SMILES string of the molecule is CCOc1cccc(C(NC)c2cccc(Br)c2C)c1. The largest absolute Gasteiger partial charge is 0.494 e. The second-order valence-electron chi connectivity index (χ2n) is 4.68. The van der Waals surface area contributed by atoms with Crippen molar-refractivity contribution in [1.29, 1.82) is 0 Å². The summed E-state index contributed by atoms with van der Waals surface area (Å²) in [5, 5.41) is 3.40.